The summed E-state index contributed by atoms with van der Waals surface area (Å²) in [5.74, 6) is 0.238. The van der Waals surface area contributed by atoms with Crippen LogP contribution in [0.25, 0.3) is 0 Å². The van der Waals surface area contributed by atoms with Gasteiger partial charge >= 0.3 is 0 Å². The van der Waals surface area contributed by atoms with Gasteiger partial charge in [0.05, 0.1) is 0 Å². The van der Waals surface area contributed by atoms with Crippen LogP contribution in [0.15, 0.2) is 6.33 Å². The molecule has 132 valence electrons. The first-order chi connectivity index (χ1) is 11.7. The second kappa shape index (κ2) is 8.23. The van der Waals surface area contributed by atoms with Gasteiger partial charge in [-0.1, -0.05) is 12.8 Å². The lowest BCUT2D eigenvalue weighted by Gasteiger charge is -2.19. The molecule has 1 aromatic heterocycles. The van der Waals surface area contributed by atoms with Crippen molar-refractivity contribution < 1.29 is 9.59 Å². The fourth-order valence-electron chi connectivity index (χ4n) is 3.32. The standard InChI is InChI=1S/C16H26N6O2/c23-14(10-13-6-5-7-17-13)19-16-18-12-22(20-16)11-15(24)21-8-3-1-2-4-9-21/h12-13,17H,1-11H2,(H,19,20,23). The number of nitrogens with one attached hydrogen (secondary N) is 2. The van der Waals surface area contributed by atoms with Gasteiger partial charge in [0.2, 0.25) is 17.8 Å². The minimum atomic E-state index is -0.0917. The van der Waals surface area contributed by atoms with Crippen molar-refractivity contribution >= 4 is 17.8 Å². The first kappa shape index (κ1) is 16.9. The number of nitrogens with zero attached hydrogens (tertiary/aromatic N) is 4. The highest BCUT2D eigenvalue weighted by atomic mass is 16.2. The second-order valence-corrected chi connectivity index (χ2v) is 6.61. The van der Waals surface area contributed by atoms with Gasteiger partial charge in [-0.05, 0) is 32.2 Å². The van der Waals surface area contributed by atoms with E-state index in [1.54, 1.807) is 0 Å². The largest absolute Gasteiger partial charge is 0.341 e. The monoisotopic (exact) mass is 334 g/mol. The fourth-order valence-corrected chi connectivity index (χ4v) is 3.32. The molecule has 0 aliphatic carbocycles. The molecule has 0 saturated carbocycles. The second-order valence-electron chi connectivity index (χ2n) is 6.61. The van der Waals surface area contributed by atoms with Crippen LogP contribution in [-0.4, -0.2) is 57.2 Å². The molecule has 2 saturated heterocycles. The van der Waals surface area contributed by atoms with E-state index >= 15 is 0 Å². The predicted octanol–water partition coefficient (Wildman–Crippen LogP) is 0.761. The van der Waals surface area contributed by atoms with Crippen LogP contribution in [0.4, 0.5) is 5.95 Å². The maximum absolute atomic E-state index is 12.3. The molecule has 2 aliphatic heterocycles. The van der Waals surface area contributed by atoms with E-state index in [4.69, 9.17) is 0 Å². The number of carbonyl (C=O) groups is 2. The summed E-state index contributed by atoms with van der Waals surface area (Å²) in [6.45, 7) is 2.80. The van der Waals surface area contributed by atoms with E-state index in [1.165, 1.54) is 23.9 Å². The molecule has 0 spiro atoms. The summed E-state index contributed by atoms with van der Waals surface area (Å²) in [6.07, 6.45) is 8.60. The zero-order chi connectivity index (χ0) is 16.8. The van der Waals surface area contributed by atoms with Gasteiger partial charge in [-0.3, -0.25) is 14.9 Å². The third kappa shape index (κ3) is 4.77. The predicted molar refractivity (Wildman–Crippen MR) is 89.3 cm³/mol. The molecule has 1 atom stereocenters. The Kier molecular flexibility index (Phi) is 5.79. The molecule has 2 fully saturated rings. The van der Waals surface area contributed by atoms with Crippen LogP contribution >= 0.6 is 0 Å². The number of likely N-dealkylation sites (tertiary alicyclic amines) is 1. The first-order valence-corrected chi connectivity index (χ1v) is 8.91. The minimum Gasteiger partial charge on any atom is -0.341 e. The Labute approximate surface area is 142 Å². The van der Waals surface area contributed by atoms with E-state index in [1.807, 2.05) is 4.90 Å². The smallest absolute Gasteiger partial charge is 0.248 e. The molecule has 8 nitrogen and oxygen atoms in total. The van der Waals surface area contributed by atoms with Crippen LogP contribution in [0.2, 0.25) is 0 Å². The first-order valence-electron chi connectivity index (χ1n) is 8.91. The van der Waals surface area contributed by atoms with E-state index in [0.29, 0.717) is 6.42 Å². The quantitative estimate of drug-likeness (QED) is 0.829. The van der Waals surface area contributed by atoms with Gasteiger partial charge in [-0.25, -0.2) is 9.67 Å². The lowest BCUT2D eigenvalue weighted by atomic mass is 10.1. The molecule has 24 heavy (non-hydrogen) atoms. The van der Waals surface area contributed by atoms with E-state index in [9.17, 15) is 9.59 Å². The number of hydrogen-bond donors (Lipinski definition) is 2. The molecule has 0 bridgehead atoms. The van der Waals surface area contributed by atoms with Crippen molar-refractivity contribution in [3.63, 3.8) is 0 Å². The molecular weight excluding hydrogens is 308 g/mol. The number of carbonyl (C=O) groups excluding carboxylic acids is 2. The molecule has 8 heteroatoms. The third-order valence-electron chi connectivity index (χ3n) is 4.64. The van der Waals surface area contributed by atoms with Crippen LogP contribution < -0.4 is 10.6 Å². The molecule has 0 radical (unpaired) electrons. The highest BCUT2D eigenvalue weighted by Gasteiger charge is 2.19. The molecular formula is C16H26N6O2. The van der Waals surface area contributed by atoms with Gasteiger partial charge in [-0.15, -0.1) is 5.10 Å². The van der Waals surface area contributed by atoms with Crippen molar-refractivity contribution in [1.82, 2.24) is 25.0 Å². The van der Waals surface area contributed by atoms with E-state index in [0.717, 1.165) is 45.3 Å². The van der Waals surface area contributed by atoms with Gasteiger partial charge in [0, 0.05) is 25.6 Å². The van der Waals surface area contributed by atoms with Crippen molar-refractivity contribution in [2.45, 2.75) is 57.5 Å². The number of aromatic nitrogens is 3. The van der Waals surface area contributed by atoms with E-state index in [-0.39, 0.29) is 30.3 Å². The number of rotatable bonds is 5. The van der Waals surface area contributed by atoms with Gasteiger partial charge in [0.15, 0.2) is 0 Å². The van der Waals surface area contributed by atoms with Crippen molar-refractivity contribution in [1.29, 1.82) is 0 Å². The Balaban J connectivity index is 1.47. The molecule has 3 heterocycles. The Hall–Kier alpha value is -1.96. The molecule has 2 aliphatic rings. The van der Waals surface area contributed by atoms with Crippen LogP contribution in [0.1, 0.15) is 44.9 Å². The van der Waals surface area contributed by atoms with Gasteiger partial charge < -0.3 is 10.2 Å². The van der Waals surface area contributed by atoms with Crippen LogP contribution in [-0.2, 0) is 16.1 Å². The van der Waals surface area contributed by atoms with Crippen molar-refractivity contribution in [2.24, 2.45) is 0 Å². The van der Waals surface area contributed by atoms with Gasteiger partial charge in [0.1, 0.15) is 12.9 Å². The van der Waals surface area contributed by atoms with Crippen molar-refractivity contribution in [3.8, 4) is 0 Å². The van der Waals surface area contributed by atoms with Crippen molar-refractivity contribution in [2.75, 3.05) is 25.0 Å². The third-order valence-corrected chi connectivity index (χ3v) is 4.64. The highest BCUT2D eigenvalue weighted by molar-refractivity contribution is 5.89. The normalized spacial score (nSPS) is 21.5. The van der Waals surface area contributed by atoms with Crippen LogP contribution in [0.5, 0.6) is 0 Å². The zero-order valence-electron chi connectivity index (χ0n) is 14.0. The maximum atomic E-state index is 12.3. The van der Waals surface area contributed by atoms with E-state index < -0.39 is 0 Å². The van der Waals surface area contributed by atoms with E-state index in [2.05, 4.69) is 20.7 Å². The summed E-state index contributed by atoms with van der Waals surface area (Å²) < 4.78 is 1.50. The van der Waals surface area contributed by atoms with Crippen molar-refractivity contribution in [3.05, 3.63) is 6.33 Å². The Morgan fingerprint density at radius 2 is 2.00 bits per heavy atom. The minimum absolute atomic E-state index is 0.0647. The van der Waals surface area contributed by atoms with Crippen LogP contribution in [0.3, 0.4) is 0 Å². The lowest BCUT2D eigenvalue weighted by Crippen LogP contribution is -2.34. The van der Waals surface area contributed by atoms with Gasteiger partial charge in [-0.2, -0.15) is 0 Å². The summed E-state index contributed by atoms with van der Waals surface area (Å²) in [4.78, 5) is 30.3. The zero-order valence-corrected chi connectivity index (χ0v) is 14.0. The Morgan fingerprint density at radius 1 is 1.21 bits per heavy atom. The lowest BCUT2D eigenvalue weighted by molar-refractivity contribution is -0.132. The summed E-state index contributed by atoms with van der Waals surface area (Å²) in [5, 5.41) is 10.2. The summed E-state index contributed by atoms with van der Waals surface area (Å²) in [7, 11) is 0. The Morgan fingerprint density at radius 3 is 2.71 bits per heavy atom. The number of hydrogen-bond acceptors (Lipinski definition) is 5. The average Bonchev–Trinajstić information content (AvgIpc) is 3.12. The molecule has 0 aromatic carbocycles. The molecule has 3 rings (SSSR count). The molecule has 1 aromatic rings. The maximum Gasteiger partial charge on any atom is 0.248 e. The molecule has 2 amide bonds. The topological polar surface area (TPSA) is 92.2 Å². The highest BCUT2D eigenvalue weighted by Crippen LogP contribution is 2.11. The number of amides is 2. The molecule has 2 N–H and O–H groups in total. The average molecular weight is 334 g/mol. The number of anilines is 1. The fraction of sp³-hybridized carbons (Fsp3) is 0.750. The summed E-state index contributed by atoms with van der Waals surface area (Å²) in [5.41, 5.74) is 0. The molecule has 1 unspecified atom stereocenters. The Bertz CT molecular complexity index is 559. The van der Waals surface area contributed by atoms with Gasteiger partial charge in [0.25, 0.3) is 0 Å². The summed E-state index contributed by atoms with van der Waals surface area (Å²) >= 11 is 0. The van der Waals surface area contributed by atoms with Crippen LogP contribution in [0, 0.1) is 0 Å². The SMILES string of the molecule is O=C(CC1CCCN1)Nc1ncn(CC(=O)N2CCCCCC2)n1. The summed E-state index contributed by atoms with van der Waals surface area (Å²) in [6, 6.07) is 0.247.